The van der Waals surface area contributed by atoms with Crippen LogP contribution in [0, 0.1) is 0 Å². The minimum Gasteiger partial charge on any atom is -0.354 e. The van der Waals surface area contributed by atoms with Crippen molar-refractivity contribution in [3.05, 3.63) is 52.6 Å². The zero-order valence-corrected chi connectivity index (χ0v) is 18.2. The topological polar surface area (TPSA) is 69.8 Å². The fourth-order valence-corrected chi connectivity index (χ4v) is 3.53. The Bertz CT molecular complexity index is 829. The zero-order chi connectivity index (χ0) is 17.6. The van der Waals surface area contributed by atoms with Gasteiger partial charge in [0.15, 0.2) is 17.4 Å². The summed E-state index contributed by atoms with van der Waals surface area (Å²) in [4.78, 5) is 7.84. The van der Waals surface area contributed by atoms with Gasteiger partial charge in [-0.2, -0.15) is 0 Å². The molecular formula is C17H24IN7S. The van der Waals surface area contributed by atoms with Crippen molar-refractivity contribution in [2.24, 2.45) is 4.99 Å². The highest BCUT2D eigenvalue weighted by Gasteiger charge is 2.15. The minimum absolute atomic E-state index is 0. The lowest BCUT2D eigenvalue weighted by Gasteiger charge is -2.24. The molecule has 0 aliphatic carbocycles. The van der Waals surface area contributed by atoms with Crippen molar-refractivity contribution in [2.45, 2.75) is 12.6 Å². The lowest BCUT2D eigenvalue weighted by molar-refractivity contribution is 0.302. The standard InChI is InChI=1S/C17H23N7S.HI/c1-18-17(19-11-13(23(2)3)14-7-6-10-25-14)20-12-16-22-21-15-8-4-5-9-24(15)16;/h4-10,13H,11-12H2,1-3H3,(H2,18,19,20);1H. The van der Waals surface area contributed by atoms with Gasteiger partial charge in [0.05, 0.1) is 12.6 Å². The first-order chi connectivity index (χ1) is 12.2. The average Bonchev–Trinajstić information content (AvgIpc) is 3.27. The summed E-state index contributed by atoms with van der Waals surface area (Å²) in [6.07, 6.45) is 1.96. The quantitative estimate of drug-likeness (QED) is 0.319. The van der Waals surface area contributed by atoms with Gasteiger partial charge in [-0.05, 0) is 37.7 Å². The van der Waals surface area contributed by atoms with E-state index < -0.39 is 0 Å². The number of aromatic nitrogens is 3. The molecule has 0 saturated heterocycles. The summed E-state index contributed by atoms with van der Waals surface area (Å²) >= 11 is 1.77. The van der Waals surface area contributed by atoms with Gasteiger partial charge in [-0.25, -0.2) is 0 Å². The number of nitrogens with one attached hydrogen (secondary N) is 2. The van der Waals surface area contributed by atoms with Crippen LogP contribution < -0.4 is 10.6 Å². The van der Waals surface area contributed by atoms with Crippen LogP contribution in [0.15, 0.2) is 46.9 Å². The van der Waals surface area contributed by atoms with E-state index in [1.54, 1.807) is 18.4 Å². The third-order valence-corrected chi connectivity index (χ3v) is 4.95. The molecule has 0 radical (unpaired) electrons. The van der Waals surface area contributed by atoms with Crippen LogP contribution in [0.1, 0.15) is 16.7 Å². The molecule has 3 aromatic rings. The monoisotopic (exact) mass is 485 g/mol. The molecule has 0 aliphatic rings. The summed E-state index contributed by atoms with van der Waals surface area (Å²) in [5, 5.41) is 17.2. The molecule has 140 valence electrons. The zero-order valence-electron chi connectivity index (χ0n) is 15.1. The van der Waals surface area contributed by atoms with Crippen LogP contribution in [-0.2, 0) is 6.54 Å². The van der Waals surface area contributed by atoms with Crippen LogP contribution >= 0.6 is 35.3 Å². The molecule has 0 saturated carbocycles. The van der Waals surface area contributed by atoms with Gasteiger partial charge in [0, 0.05) is 24.7 Å². The van der Waals surface area contributed by atoms with Crippen LogP contribution in [0.25, 0.3) is 5.65 Å². The van der Waals surface area contributed by atoms with Gasteiger partial charge >= 0.3 is 0 Å². The molecule has 3 rings (SSSR count). The Kier molecular flexibility index (Phi) is 7.79. The number of pyridine rings is 1. The molecule has 9 heteroatoms. The Labute approximate surface area is 174 Å². The highest BCUT2D eigenvalue weighted by atomic mass is 127. The van der Waals surface area contributed by atoms with Crippen LogP contribution in [0.5, 0.6) is 0 Å². The first kappa shape index (κ1) is 20.6. The van der Waals surface area contributed by atoms with Crippen molar-refractivity contribution in [2.75, 3.05) is 27.7 Å². The maximum atomic E-state index is 4.30. The Morgan fingerprint density at radius 1 is 1.23 bits per heavy atom. The van der Waals surface area contributed by atoms with Gasteiger partial charge in [0.1, 0.15) is 0 Å². The molecule has 3 heterocycles. The normalized spacial score (nSPS) is 12.8. The van der Waals surface area contributed by atoms with E-state index in [9.17, 15) is 0 Å². The molecule has 0 bridgehead atoms. The molecule has 2 N–H and O–H groups in total. The predicted molar refractivity (Wildman–Crippen MR) is 117 cm³/mol. The first-order valence-electron chi connectivity index (χ1n) is 8.12. The first-order valence-corrected chi connectivity index (χ1v) is 9.00. The number of hydrogen-bond donors (Lipinski definition) is 2. The third kappa shape index (κ3) is 4.92. The number of nitrogens with zero attached hydrogens (tertiary/aromatic N) is 5. The SMILES string of the molecule is CN=C(NCc1nnc2ccccn12)NCC(c1cccs1)N(C)C.I. The van der Waals surface area contributed by atoms with Crippen molar-refractivity contribution in [3.8, 4) is 0 Å². The molecular weight excluding hydrogens is 461 g/mol. The van der Waals surface area contributed by atoms with E-state index in [2.05, 4.69) is 62.3 Å². The Hall–Kier alpha value is -1.72. The van der Waals surface area contributed by atoms with E-state index in [-0.39, 0.29) is 24.0 Å². The molecule has 0 amide bonds. The smallest absolute Gasteiger partial charge is 0.191 e. The number of hydrogen-bond acceptors (Lipinski definition) is 5. The Morgan fingerprint density at radius 3 is 2.77 bits per heavy atom. The molecule has 1 atom stereocenters. The maximum Gasteiger partial charge on any atom is 0.191 e. The molecule has 1 unspecified atom stereocenters. The second-order valence-corrected chi connectivity index (χ2v) is 6.83. The van der Waals surface area contributed by atoms with Gasteiger partial charge in [-0.3, -0.25) is 9.39 Å². The highest BCUT2D eigenvalue weighted by Crippen LogP contribution is 2.22. The number of thiophene rings is 1. The van der Waals surface area contributed by atoms with E-state index in [0.717, 1.165) is 24.0 Å². The van der Waals surface area contributed by atoms with Crippen LogP contribution in [0.3, 0.4) is 0 Å². The molecule has 26 heavy (non-hydrogen) atoms. The van der Waals surface area contributed by atoms with Crippen molar-refractivity contribution in [3.63, 3.8) is 0 Å². The summed E-state index contributed by atoms with van der Waals surface area (Å²) in [5.74, 6) is 1.59. The van der Waals surface area contributed by atoms with E-state index >= 15 is 0 Å². The molecule has 0 aromatic carbocycles. The number of aliphatic imine (C=N–C) groups is 1. The number of rotatable bonds is 6. The van der Waals surface area contributed by atoms with Crippen molar-refractivity contribution >= 4 is 46.9 Å². The fraction of sp³-hybridized carbons (Fsp3) is 0.353. The summed E-state index contributed by atoms with van der Waals surface area (Å²) in [7, 11) is 5.95. The summed E-state index contributed by atoms with van der Waals surface area (Å²) < 4.78 is 1.97. The summed E-state index contributed by atoms with van der Waals surface area (Å²) in [6.45, 7) is 1.32. The third-order valence-electron chi connectivity index (χ3n) is 3.98. The van der Waals surface area contributed by atoms with E-state index in [0.29, 0.717) is 12.6 Å². The summed E-state index contributed by atoms with van der Waals surface area (Å²) in [6, 6.07) is 10.4. The molecule has 7 nitrogen and oxygen atoms in total. The number of likely N-dealkylation sites (N-methyl/N-ethyl adjacent to an activating group) is 1. The van der Waals surface area contributed by atoms with Gasteiger partial charge in [0.2, 0.25) is 0 Å². The van der Waals surface area contributed by atoms with E-state index in [1.807, 2.05) is 28.8 Å². The molecule has 0 aliphatic heterocycles. The van der Waals surface area contributed by atoms with Crippen molar-refractivity contribution in [1.82, 2.24) is 30.1 Å². The number of halogens is 1. The lowest BCUT2D eigenvalue weighted by Crippen LogP contribution is -2.41. The maximum absolute atomic E-state index is 4.30. The van der Waals surface area contributed by atoms with E-state index in [1.165, 1.54) is 4.88 Å². The number of guanidine groups is 1. The number of fused-ring (bicyclic) bond motifs is 1. The highest BCUT2D eigenvalue weighted by molar-refractivity contribution is 14.0. The van der Waals surface area contributed by atoms with Gasteiger partial charge < -0.3 is 15.5 Å². The van der Waals surface area contributed by atoms with Gasteiger partial charge in [-0.15, -0.1) is 45.5 Å². The van der Waals surface area contributed by atoms with Crippen LogP contribution in [0.4, 0.5) is 0 Å². The van der Waals surface area contributed by atoms with Gasteiger partial charge in [-0.1, -0.05) is 12.1 Å². The Balaban J connectivity index is 0.00000243. The summed E-state index contributed by atoms with van der Waals surface area (Å²) in [5.41, 5.74) is 0.840. The van der Waals surface area contributed by atoms with Gasteiger partial charge in [0.25, 0.3) is 0 Å². The molecule has 0 fully saturated rings. The molecule has 0 spiro atoms. The second-order valence-electron chi connectivity index (χ2n) is 5.85. The average molecular weight is 485 g/mol. The minimum atomic E-state index is 0. The van der Waals surface area contributed by atoms with Crippen molar-refractivity contribution < 1.29 is 0 Å². The Morgan fingerprint density at radius 2 is 2.08 bits per heavy atom. The fourth-order valence-electron chi connectivity index (χ4n) is 2.61. The lowest BCUT2D eigenvalue weighted by atomic mass is 10.2. The van der Waals surface area contributed by atoms with Crippen LogP contribution in [0.2, 0.25) is 0 Å². The van der Waals surface area contributed by atoms with E-state index in [4.69, 9.17) is 0 Å². The predicted octanol–water partition coefficient (Wildman–Crippen LogP) is 2.38. The van der Waals surface area contributed by atoms with Crippen LogP contribution in [-0.4, -0.2) is 53.1 Å². The largest absolute Gasteiger partial charge is 0.354 e. The molecule has 3 aromatic heterocycles. The second kappa shape index (κ2) is 9.83. The van der Waals surface area contributed by atoms with Crippen molar-refractivity contribution in [1.29, 1.82) is 0 Å².